The Morgan fingerprint density at radius 3 is 2.53 bits per heavy atom. The number of benzene rings is 1. The second-order valence-electron chi connectivity index (χ2n) is 3.68. The summed E-state index contributed by atoms with van der Waals surface area (Å²) in [5, 5.41) is 5.06. The number of rotatable bonds is 4. The van der Waals surface area contributed by atoms with Crippen LogP contribution in [0.3, 0.4) is 0 Å². The van der Waals surface area contributed by atoms with Gasteiger partial charge in [-0.2, -0.15) is 5.10 Å². The van der Waals surface area contributed by atoms with E-state index in [2.05, 4.69) is 24.4 Å². The lowest BCUT2D eigenvalue weighted by atomic mass is 10.1. The normalized spacial score (nSPS) is 13.7. The van der Waals surface area contributed by atoms with Gasteiger partial charge in [-0.1, -0.05) is 25.4 Å². The van der Waals surface area contributed by atoms with Crippen molar-refractivity contribution in [2.24, 2.45) is 11.0 Å². The van der Waals surface area contributed by atoms with Crippen LogP contribution in [0, 0.1) is 5.92 Å². The maximum atomic E-state index is 5.78. The van der Waals surface area contributed by atoms with Crippen LogP contribution in [0.5, 0.6) is 0 Å². The summed E-state index contributed by atoms with van der Waals surface area (Å²) in [5.74, 6) is 0.518. The molecule has 0 aliphatic carbocycles. The van der Waals surface area contributed by atoms with Crippen molar-refractivity contribution in [3.05, 3.63) is 29.3 Å². The van der Waals surface area contributed by atoms with E-state index in [0.29, 0.717) is 5.92 Å². The number of hydrogen-bond donors (Lipinski definition) is 1. The predicted molar refractivity (Wildman–Crippen MR) is 67.6 cm³/mol. The largest absolute Gasteiger partial charge is 0.279 e. The summed E-state index contributed by atoms with van der Waals surface area (Å²) in [4.78, 5) is 0. The maximum absolute atomic E-state index is 5.78. The third-order valence-corrected chi connectivity index (χ3v) is 2.78. The van der Waals surface area contributed by atoms with E-state index in [1.54, 1.807) is 0 Å². The average Bonchev–Trinajstić information content (AvgIpc) is 2.26. The molecule has 0 spiro atoms. The molecular formula is C12H17ClN2. The molecule has 0 radical (unpaired) electrons. The Hall–Kier alpha value is -1.02. The lowest BCUT2D eigenvalue weighted by molar-refractivity contribution is 0.734. The molecule has 1 aromatic carbocycles. The Kier molecular flexibility index (Phi) is 4.63. The number of nitrogens with one attached hydrogen (secondary N) is 1. The third kappa shape index (κ3) is 3.92. The van der Waals surface area contributed by atoms with E-state index < -0.39 is 0 Å². The van der Waals surface area contributed by atoms with Crippen LogP contribution in [0.15, 0.2) is 29.4 Å². The van der Waals surface area contributed by atoms with Gasteiger partial charge in [-0.3, -0.25) is 5.43 Å². The van der Waals surface area contributed by atoms with Crippen LogP contribution >= 0.6 is 11.6 Å². The van der Waals surface area contributed by atoms with Crippen molar-refractivity contribution in [1.29, 1.82) is 0 Å². The van der Waals surface area contributed by atoms with Gasteiger partial charge in [0.25, 0.3) is 0 Å². The number of hydrazone groups is 1. The molecule has 0 fully saturated rings. The second-order valence-corrected chi connectivity index (χ2v) is 4.12. The SMILES string of the molecule is CCC(C)/C(C)=N/Nc1ccc(Cl)cc1. The summed E-state index contributed by atoms with van der Waals surface area (Å²) < 4.78 is 0. The van der Waals surface area contributed by atoms with Crippen LogP contribution in [0.25, 0.3) is 0 Å². The first-order chi connectivity index (χ1) is 7.13. The molecular weight excluding hydrogens is 208 g/mol. The molecule has 0 aliphatic rings. The van der Waals surface area contributed by atoms with Gasteiger partial charge in [0.05, 0.1) is 5.69 Å². The maximum Gasteiger partial charge on any atom is 0.0562 e. The predicted octanol–water partition coefficient (Wildman–Crippen LogP) is 4.17. The molecule has 2 nitrogen and oxygen atoms in total. The van der Waals surface area contributed by atoms with Crippen molar-refractivity contribution in [3.63, 3.8) is 0 Å². The lowest BCUT2D eigenvalue weighted by Gasteiger charge is -2.08. The monoisotopic (exact) mass is 224 g/mol. The molecule has 1 N–H and O–H groups in total. The van der Waals surface area contributed by atoms with Crippen molar-refractivity contribution in [3.8, 4) is 0 Å². The van der Waals surface area contributed by atoms with Gasteiger partial charge in [0.15, 0.2) is 0 Å². The number of hydrogen-bond acceptors (Lipinski definition) is 2. The summed E-state index contributed by atoms with van der Waals surface area (Å²) in [6.45, 7) is 6.37. The lowest BCUT2D eigenvalue weighted by Crippen LogP contribution is -2.07. The van der Waals surface area contributed by atoms with Crippen LogP contribution in [-0.4, -0.2) is 5.71 Å². The highest BCUT2D eigenvalue weighted by atomic mass is 35.5. The van der Waals surface area contributed by atoms with Gasteiger partial charge < -0.3 is 0 Å². The summed E-state index contributed by atoms with van der Waals surface area (Å²) in [6.07, 6.45) is 1.11. The van der Waals surface area contributed by atoms with Gasteiger partial charge in [0.2, 0.25) is 0 Å². The Morgan fingerprint density at radius 2 is 2.00 bits per heavy atom. The van der Waals surface area contributed by atoms with Gasteiger partial charge in [-0.15, -0.1) is 0 Å². The van der Waals surface area contributed by atoms with Crippen LogP contribution in [0.4, 0.5) is 5.69 Å². The molecule has 1 atom stereocenters. The number of anilines is 1. The van der Waals surface area contributed by atoms with E-state index in [0.717, 1.165) is 22.8 Å². The smallest absolute Gasteiger partial charge is 0.0562 e. The van der Waals surface area contributed by atoms with Crippen molar-refractivity contribution in [2.75, 3.05) is 5.43 Å². The minimum absolute atomic E-state index is 0.518. The van der Waals surface area contributed by atoms with Gasteiger partial charge >= 0.3 is 0 Å². The third-order valence-electron chi connectivity index (χ3n) is 2.53. The van der Waals surface area contributed by atoms with E-state index in [1.807, 2.05) is 31.2 Å². The van der Waals surface area contributed by atoms with E-state index in [1.165, 1.54) is 0 Å². The molecule has 0 bridgehead atoms. The standard InChI is InChI=1S/C12H17ClN2/c1-4-9(2)10(3)14-15-12-7-5-11(13)6-8-12/h5-9,15H,4H2,1-3H3/b14-10+. The molecule has 1 unspecified atom stereocenters. The highest BCUT2D eigenvalue weighted by Gasteiger charge is 2.01. The first-order valence-electron chi connectivity index (χ1n) is 5.19. The zero-order chi connectivity index (χ0) is 11.3. The number of halogens is 1. The van der Waals surface area contributed by atoms with E-state index >= 15 is 0 Å². The first kappa shape index (κ1) is 12.1. The van der Waals surface area contributed by atoms with Gasteiger partial charge in [0, 0.05) is 10.7 Å². The van der Waals surface area contributed by atoms with E-state index in [9.17, 15) is 0 Å². The van der Waals surface area contributed by atoms with Crippen molar-refractivity contribution >= 4 is 23.0 Å². The Labute approximate surface area is 96.3 Å². The van der Waals surface area contributed by atoms with E-state index in [4.69, 9.17) is 11.6 Å². The topological polar surface area (TPSA) is 24.4 Å². The molecule has 3 heteroatoms. The quantitative estimate of drug-likeness (QED) is 0.602. The molecule has 0 amide bonds. The Bertz CT molecular complexity index is 330. The Morgan fingerprint density at radius 1 is 1.40 bits per heavy atom. The van der Waals surface area contributed by atoms with Crippen LogP contribution < -0.4 is 5.43 Å². The number of nitrogens with zero attached hydrogens (tertiary/aromatic N) is 1. The molecule has 82 valence electrons. The second kappa shape index (κ2) is 5.76. The summed E-state index contributed by atoms with van der Waals surface area (Å²) in [6, 6.07) is 7.52. The average molecular weight is 225 g/mol. The molecule has 0 aliphatic heterocycles. The summed E-state index contributed by atoms with van der Waals surface area (Å²) in [5.41, 5.74) is 5.09. The highest BCUT2D eigenvalue weighted by molar-refractivity contribution is 6.30. The summed E-state index contributed by atoms with van der Waals surface area (Å²) in [7, 11) is 0. The van der Waals surface area contributed by atoms with Crippen LogP contribution in [0.1, 0.15) is 27.2 Å². The fraction of sp³-hybridized carbons (Fsp3) is 0.417. The minimum Gasteiger partial charge on any atom is -0.279 e. The minimum atomic E-state index is 0.518. The van der Waals surface area contributed by atoms with Crippen LogP contribution in [0.2, 0.25) is 5.02 Å². The molecule has 0 saturated carbocycles. The van der Waals surface area contributed by atoms with Crippen molar-refractivity contribution in [1.82, 2.24) is 0 Å². The highest BCUT2D eigenvalue weighted by Crippen LogP contribution is 2.13. The molecule has 1 rings (SSSR count). The van der Waals surface area contributed by atoms with Gasteiger partial charge in [-0.25, -0.2) is 0 Å². The molecule has 0 saturated heterocycles. The fourth-order valence-corrected chi connectivity index (χ4v) is 1.21. The van der Waals surface area contributed by atoms with Crippen molar-refractivity contribution < 1.29 is 0 Å². The zero-order valence-corrected chi connectivity index (χ0v) is 10.2. The molecule has 15 heavy (non-hydrogen) atoms. The fourth-order valence-electron chi connectivity index (χ4n) is 1.08. The zero-order valence-electron chi connectivity index (χ0n) is 9.42. The van der Waals surface area contributed by atoms with Crippen LogP contribution in [-0.2, 0) is 0 Å². The van der Waals surface area contributed by atoms with Gasteiger partial charge in [-0.05, 0) is 43.5 Å². The molecule has 0 heterocycles. The van der Waals surface area contributed by atoms with Crippen molar-refractivity contribution in [2.45, 2.75) is 27.2 Å². The molecule has 0 aromatic heterocycles. The first-order valence-corrected chi connectivity index (χ1v) is 5.57. The van der Waals surface area contributed by atoms with E-state index in [-0.39, 0.29) is 0 Å². The Balaban J connectivity index is 2.59. The van der Waals surface area contributed by atoms with Gasteiger partial charge in [0.1, 0.15) is 0 Å². The summed E-state index contributed by atoms with van der Waals surface area (Å²) >= 11 is 5.78. The molecule has 1 aromatic rings.